The van der Waals surface area contributed by atoms with Crippen LogP contribution in [0.2, 0.25) is 0 Å². The molecule has 0 radical (unpaired) electrons. The Balaban J connectivity index is 0.000000348. The number of aryl methyl sites for hydroxylation is 3. The summed E-state index contributed by atoms with van der Waals surface area (Å²) in [6.45, 7) is 5.18. The Labute approximate surface area is 242 Å². The molecule has 40 heavy (non-hydrogen) atoms. The molecule has 0 bridgehead atoms. The van der Waals surface area contributed by atoms with Gasteiger partial charge < -0.3 is 14.2 Å². The molecule has 5 heteroatoms. The standard InChI is InChI=1S/C29H32O2S.C6H10O2/c1-21-17-27(31-26-13-15-32(2)16-14-26)19-24-8-6-7-23-12-11-22(18-28(23)29(21)24)20-30-25-9-4-3-5-10-25;1-2-8-6(7)5-3-4-5/h3-5,9-12,17-19,26H,2,6-8,13-16,20H2,1H3;5H,2-4H2,1H3. The van der Waals surface area contributed by atoms with Gasteiger partial charge in [-0.1, -0.05) is 36.2 Å². The third-order valence-electron chi connectivity index (χ3n) is 7.83. The van der Waals surface area contributed by atoms with Gasteiger partial charge in [0.2, 0.25) is 0 Å². The van der Waals surface area contributed by atoms with E-state index in [2.05, 4.69) is 43.1 Å². The summed E-state index contributed by atoms with van der Waals surface area (Å²) >= 11 is 0. The van der Waals surface area contributed by atoms with Crippen molar-refractivity contribution in [2.75, 3.05) is 18.1 Å². The molecule has 3 aromatic rings. The average Bonchev–Trinajstić information content (AvgIpc) is 3.82. The highest BCUT2D eigenvalue weighted by molar-refractivity contribution is 8.14. The van der Waals surface area contributed by atoms with Crippen molar-refractivity contribution >= 4 is 22.3 Å². The van der Waals surface area contributed by atoms with Crippen LogP contribution in [-0.2, 0) is 29.0 Å². The van der Waals surface area contributed by atoms with Gasteiger partial charge in [0.15, 0.2) is 0 Å². The largest absolute Gasteiger partial charge is 0.490 e. The van der Waals surface area contributed by atoms with Crippen LogP contribution in [0.3, 0.4) is 0 Å². The van der Waals surface area contributed by atoms with Gasteiger partial charge in [0.25, 0.3) is 0 Å². The molecule has 2 fully saturated rings. The molecule has 1 saturated heterocycles. The molecule has 1 aliphatic heterocycles. The Hall–Kier alpha value is -3.05. The quantitative estimate of drug-likeness (QED) is 0.218. The molecule has 3 aliphatic rings. The summed E-state index contributed by atoms with van der Waals surface area (Å²) in [7, 11) is 0.341. The second-order valence-corrected chi connectivity index (χ2v) is 13.1. The van der Waals surface area contributed by atoms with Gasteiger partial charge in [-0.15, -0.1) is 0 Å². The Morgan fingerprint density at radius 3 is 2.40 bits per heavy atom. The summed E-state index contributed by atoms with van der Waals surface area (Å²) in [5.41, 5.74) is 8.16. The lowest BCUT2D eigenvalue weighted by Gasteiger charge is -2.26. The van der Waals surface area contributed by atoms with Gasteiger partial charge in [0.1, 0.15) is 24.2 Å². The number of fused-ring (bicyclic) bond motifs is 3. The zero-order valence-electron chi connectivity index (χ0n) is 24.0. The van der Waals surface area contributed by atoms with Crippen LogP contribution in [0.15, 0.2) is 60.7 Å². The first-order chi connectivity index (χ1) is 19.5. The normalized spacial score (nSPS) is 19.6. The van der Waals surface area contributed by atoms with Crippen LogP contribution in [0.1, 0.15) is 61.3 Å². The number of hydrogen-bond donors (Lipinski definition) is 0. The van der Waals surface area contributed by atoms with Crippen LogP contribution in [0.5, 0.6) is 11.5 Å². The van der Waals surface area contributed by atoms with E-state index in [1.165, 1.54) is 51.3 Å². The van der Waals surface area contributed by atoms with Crippen LogP contribution in [0.4, 0.5) is 0 Å². The molecule has 3 aromatic carbocycles. The van der Waals surface area contributed by atoms with Crippen molar-refractivity contribution < 1.29 is 19.0 Å². The van der Waals surface area contributed by atoms with Gasteiger partial charge >= 0.3 is 5.97 Å². The van der Waals surface area contributed by atoms with Gasteiger partial charge in [0.05, 0.1) is 12.5 Å². The van der Waals surface area contributed by atoms with Crippen LogP contribution in [0.25, 0.3) is 11.1 Å². The fraction of sp³-hybridized carbons (Fsp3) is 0.429. The van der Waals surface area contributed by atoms with Crippen molar-refractivity contribution in [3.05, 3.63) is 82.9 Å². The van der Waals surface area contributed by atoms with E-state index in [0.29, 0.717) is 29.8 Å². The summed E-state index contributed by atoms with van der Waals surface area (Å²) in [6.07, 6.45) is 8.09. The predicted octanol–water partition coefficient (Wildman–Crippen LogP) is 7.93. The van der Waals surface area contributed by atoms with Crippen molar-refractivity contribution in [3.63, 3.8) is 0 Å². The van der Waals surface area contributed by atoms with Crippen molar-refractivity contribution in [1.29, 1.82) is 0 Å². The first-order valence-electron chi connectivity index (χ1n) is 14.7. The van der Waals surface area contributed by atoms with Gasteiger partial charge in [-0.3, -0.25) is 4.79 Å². The number of ether oxygens (including phenoxy) is 3. The maximum atomic E-state index is 10.6. The summed E-state index contributed by atoms with van der Waals surface area (Å²) in [5, 5.41) is 0. The molecule has 0 amide bonds. The Morgan fingerprint density at radius 1 is 0.925 bits per heavy atom. The van der Waals surface area contributed by atoms with Crippen LogP contribution in [-0.4, -0.2) is 36.1 Å². The van der Waals surface area contributed by atoms with Crippen LogP contribution >= 0.6 is 10.5 Å². The van der Waals surface area contributed by atoms with E-state index in [1.807, 2.05) is 37.3 Å². The molecule has 2 aliphatic carbocycles. The summed E-state index contributed by atoms with van der Waals surface area (Å²) in [4.78, 5) is 10.6. The molecular formula is C35H42O4S. The van der Waals surface area contributed by atoms with E-state index in [4.69, 9.17) is 14.2 Å². The molecule has 4 nitrogen and oxygen atoms in total. The summed E-state index contributed by atoms with van der Waals surface area (Å²) in [6, 6.07) is 21.5. The SMILES string of the molecule is C=S1CCC(Oc2cc(C)c3c(c2)CCCc2ccc(COc4ccccc4)cc2-3)CC1.CCOC(=O)C1CC1. The van der Waals surface area contributed by atoms with E-state index in [-0.39, 0.29) is 11.9 Å². The second-order valence-electron chi connectivity index (χ2n) is 11.1. The highest BCUT2D eigenvalue weighted by Gasteiger charge is 2.30. The lowest BCUT2D eigenvalue weighted by molar-refractivity contribution is -0.144. The van der Waals surface area contributed by atoms with Crippen LogP contribution in [0, 0.1) is 12.8 Å². The minimum Gasteiger partial charge on any atom is -0.490 e. The van der Waals surface area contributed by atoms with E-state index in [1.54, 1.807) is 0 Å². The molecule has 0 N–H and O–H groups in total. The van der Waals surface area contributed by atoms with Gasteiger partial charge in [-0.05, 0) is 134 Å². The third kappa shape index (κ3) is 7.57. The van der Waals surface area contributed by atoms with E-state index in [9.17, 15) is 4.79 Å². The Kier molecular flexibility index (Phi) is 9.64. The van der Waals surface area contributed by atoms with Gasteiger partial charge in [0, 0.05) is 0 Å². The molecule has 0 unspecified atom stereocenters. The average molecular weight is 559 g/mol. The Morgan fingerprint density at radius 2 is 1.68 bits per heavy atom. The topological polar surface area (TPSA) is 44.8 Å². The second kappa shape index (κ2) is 13.5. The maximum Gasteiger partial charge on any atom is 0.308 e. The molecule has 1 heterocycles. The van der Waals surface area contributed by atoms with E-state index in [0.717, 1.165) is 50.0 Å². The number of carbonyl (C=O) groups excluding carboxylic acids is 1. The molecule has 0 spiro atoms. The monoisotopic (exact) mass is 558 g/mol. The maximum absolute atomic E-state index is 10.6. The fourth-order valence-electron chi connectivity index (χ4n) is 5.52. The molecule has 0 atom stereocenters. The summed E-state index contributed by atoms with van der Waals surface area (Å²) in [5.74, 6) is 8.86. The molecule has 1 saturated carbocycles. The van der Waals surface area contributed by atoms with Crippen molar-refractivity contribution in [2.45, 2.75) is 71.5 Å². The fourth-order valence-corrected chi connectivity index (χ4v) is 6.92. The lowest BCUT2D eigenvalue weighted by Crippen LogP contribution is -2.23. The van der Waals surface area contributed by atoms with E-state index < -0.39 is 0 Å². The molecule has 212 valence electrons. The molecular weight excluding hydrogens is 516 g/mol. The van der Waals surface area contributed by atoms with Crippen LogP contribution < -0.4 is 9.47 Å². The lowest BCUT2D eigenvalue weighted by atomic mass is 9.91. The minimum absolute atomic E-state index is 0.00694. The number of esters is 1. The zero-order chi connectivity index (χ0) is 27.9. The van der Waals surface area contributed by atoms with Crippen molar-refractivity contribution in [1.82, 2.24) is 0 Å². The highest BCUT2D eigenvalue weighted by Crippen LogP contribution is 2.39. The zero-order valence-corrected chi connectivity index (χ0v) is 24.8. The van der Waals surface area contributed by atoms with Gasteiger partial charge in [-0.2, -0.15) is 10.5 Å². The number of carbonyl (C=O) groups is 1. The smallest absolute Gasteiger partial charge is 0.308 e. The number of rotatable bonds is 7. The first kappa shape index (κ1) is 28.5. The molecule has 6 rings (SSSR count). The Bertz CT molecular complexity index is 1320. The van der Waals surface area contributed by atoms with E-state index >= 15 is 0 Å². The first-order valence-corrected chi connectivity index (χ1v) is 16.5. The van der Waals surface area contributed by atoms with Crippen molar-refractivity contribution in [2.24, 2.45) is 5.92 Å². The highest BCUT2D eigenvalue weighted by atomic mass is 32.2. The molecule has 0 aromatic heterocycles. The van der Waals surface area contributed by atoms with Gasteiger partial charge in [-0.25, -0.2) is 0 Å². The summed E-state index contributed by atoms with van der Waals surface area (Å²) < 4.78 is 17.2. The minimum atomic E-state index is -0.00694. The van der Waals surface area contributed by atoms with Crippen molar-refractivity contribution in [3.8, 4) is 22.6 Å². The predicted molar refractivity (Wildman–Crippen MR) is 167 cm³/mol. The number of para-hydroxylation sites is 1. The number of benzene rings is 3. The number of hydrogen-bond acceptors (Lipinski definition) is 4. The third-order valence-corrected chi connectivity index (χ3v) is 9.46.